The van der Waals surface area contributed by atoms with E-state index in [1.165, 1.54) is 4.80 Å². The molecule has 0 fully saturated rings. The van der Waals surface area contributed by atoms with Crippen molar-refractivity contribution < 1.29 is 0 Å². The maximum Gasteiger partial charge on any atom is 0.174 e. The van der Waals surface area contributed by atoms with Gasteiger partial charge in [0.15, 0.2) is 5.82 Å². The van der Waals surface area contributed by atoms with Crippen molar-refractivity contribution in [3.63, 3.8) is 0 Å². The summed E-state index contributed by atoms with van der Waals surface area (Å²) in [4.78, 5) is 5.96. The van der Waals surface area contributed by atoms with Crippen LogP contribution < -0.4 is 0 Å². The molecule has 3 heterocycles. The van der Waals surface area contributed by atoms with Crippen molar-refractivity contribution in [2.45, 2.75) is 0 Å². The van der Waals surface area contributed by atoms with Gasteiger partial charge in [-0.3, -0.25) is 0 Å². The zero-order chi connectivity index (χ0) is 10.3. The zero-order valence-corrected chi connectivity index (χ0v) is 8.20. The van der Waals surface area contributed by atoms with E-state index in [2.05, 4.69) is 15.2 Å². The van der Waals surface area contributed by atoms with E-state index >= 15 is 0 Å². The van der Waals surface area contributed by atoms with Crippen LogP contribution in [0.3, 0.4) is 0 Å². The van der Waals surface area contributed by atoms with Gasteiger partial charge in [0.25, 0.3) is 0 Å². The monoisotopic (exact) mass is 199 g/mol. The summed E-state index contributed by atoms with van der Waals surface area (Å²) in [6.07, 6.45) is 5.26. The number of rotatable bonds is 1. The van der Waals surface area contributed by atoms with Gasteiger partial charge in [-0.15, -0.1) is 4.80 Å². The van der Waals surface area contributed by atoms with Gasteiger partial charge < -0.3 is 4.57 Å². The molecule has 0 atom stereocenters. The summed E-state index contributed by atoms with van der Waals surface area (Å²) in [5, 5.41) is 8.07. The molecule has 0 radical (unpaired) electrons. The van der Waals surface area contributed by atoms with Crippen molar-refractivity contribution in [1.82, 2.24) is 24.5 Å². The molecule has 0 N–H and O–H groups in total. The minimum absolute atomic E-state index is 0.735. The quantitative estimate of drug-likeness (QED) is 0.590. The third kappa shape index (κ3) is 1.20. The van der Waals surface area contributed by atoms with E-state index in [0.29, 0.717) is 0 Å². The van der Waals surface area contributed by atoms with Crippen LogP contribution in [0.1, 0.15) is 0 Å². The Kier molecular flexibility index (Phi) is 1.58. The molecule has 0 saturated carbocycles. The first-order chi connectivity index (χ1) is 7.34. The molecule has 0 amide bonds. The lowest BCUT2D eigenvalue weighted by Gasteiger charge is -1.99. The number of nitrogens with zero attached hydrogens (tertiary/aromatic N) is 5. The molecular weight excluding hydrogens is 190 g/mol. The summed E-state index contributed by atoms with van der Waals surface area (Å²) < 4.78 is 2.03. The van der Waals surface area contributed by atoms with Gasteiger partial charge in [0.05, 0.1) is 23.4 Å². The van der Waals surface area contributed by atoms with Crippen LogP contribution in [0, 0.1) is 0 Å². The molecule has 3 rings (SSSR count). The molecule has 74 valence electrons. The van der Waals surface area contributed by atoms with Crippen molar-refractivity contribution >= 4 is 11.0 Å². The van der Waals surface area contributed by atoms with Gasteiger partial charge in [-0.25, -0.2) is 4.98 Å². The Morgan fingerprint density at radius 2 is 1.87 bits per heavy atom. The number of pyridine rings is 1. The second-order valence-corrected chi connectivity index (χ2v) is 3.32. The number of aromatic nitrogens is 5. The Morgan fingerprint density at radius 3 is 2.67 bits per heavy atom. The fourth-order valence-electron chi connectivity index (χ4n) is 1.59. The van der Waals surface area contributed by atoms with Crippen molar-refractivity contribution in [3.8, 4) is 5.82 Å². The molecule has 0 aromatic carbocycles. The maximum atomic E-state index is 4.46. The third-order valence-corrected chi connectivity index (χ3v) is 2.35. The van der Waals surface area contributed by atoms with Crippen molar-refractivity contribution in [2.75, 3.05) is 0 Å². The minimum Gasteiger partial charge on any atom is -0.349 e. The van der Waals surface area contributed by atoms with Gasteiger partial charge in [-0.05, 0) is 18.2 Å². The highest BCUT2D eigenvalue weighted by atomic mass is 15.5. The highest BCUT2D eigenvalue weighted by Gasteiger charge is 2.03. The number of aryl methyl sites for hydroxylation is 1. The minimum atomic E-state index is 0.735. The molecule has 0 spiro atoms. The van der Waals surface area contributed by atoms with E-state index in [1.54, 1.807) is 12.4 Å². The first kappa shape index (κ1) is 8.16. The molecule has 3 aromatic rings. The molecule has 0 aliphatic rings. The average Bonchev–Trinajstić information content (AvgIpc) is 2.88. The second-order valence-electron chi connectivity index (χ2n) is 3.32. The summed E-state index contributed by atoms with van der Waals surface area (Å²) >= 11 is 0. The fourth-order valence-corrected chi connectivity index (χ4v) is 1.59. The van der Waals surface area contributed by atoms with Gasteiger partial charge in [0, 0.05) is 13.2 Å². The van der Waals surface area contributed by atoms with Crippen LogP contribution in [0.15, 0.2) is 36.8 Å². The Bertz CT molecular complexity index is 593. The van der Waals surface area contributed by atoms with E-state index in [9.17, 15) is 0 Å². The molecular formula is C10H9N5. The number of hydrogen-bond donors (Lipinski definition) is 0. The lowest BCUT2D eigenvalue weighted by Crippen LogP contribution is -2.01. The predicted molar refractivity (Wildman–Crippen MR) is 55.6 cm³/mol. The summed E-state index contributed by atoms with van der Waals surface area (Å²) in [5.41, 5.74) is 2.05. The van der Waals surface area contributed by atoms with Gasteiger partial charge in [0.1, 0.15) is 0 Å². The normalized spacial score (nSPS) is 11.0. The summed E-state index contributed by atoms with van der Waals surface area (Å²) in [6.45, 7) is 0. The SMILES string of the molecule is Cn1ccc2nc(-n3nccn3)ccc21. The molecule has 0 bridgehead atoms. The molecule has 0 aliphatic carbocycles. The molecule has 0 saturated heterocycles. The van der Waals surface area contributed by atoms with Gasteiger partial charge in [0.2, 0.25) is 0 Å². The highest BCUT2D eigenvalue weighted by molar-refractivity contribution is 5.76. The fraction of sp³-hybridized carbons (Fsp3) is 0.100. The van der Waals surface area contributed by atoms with Crippen LogP contribution in [0.25, 0.3) is 16.9 Å². The second kappa shape index (κ2) is 2.91. The van der Waals surface area contributed by atoms with Gasteiger partial charge in [-0.2, -0.15) is 10.2 Å². The van der Waals surface area contributed by atoms with E-state index in [0.717, 1.165) is 16.9 Å². The lowest BCUT2D eigenvalue weighted by atomic mass is 10.4. The Labute approximate surface area is 86.0 Å². The van der Waals surface area contributed by atoms with Crippen LogP contribution in [-0.2, 0) is 7.05 Å². The van der Waals surface area contributed by atoms with E-state index < -0.39 is 0 Å². The van der Waals surface area contributed by atoms with Crippen LogP contribution in [0.5, 0.6) is 0 Å². The highest BCUT2D eigenvalue weighted by Crippen LogP contribution is 2.13. The Morgan fingerprint density at radius 1 is 1.07 bits per heavy atom. The smallest absolute Gasteiger partial charge is 0.174 e. The van der Waals surface area contributed by atoms with E-state index in [1.807, 2.05) is 36.0 Å². The first-order valence-corrected chi connectivity index (χ1v) is 4.63. The van der Waals surface area contributed by atoms with E-state index in [-0.39, 0.29) is 0 Å². The Balaban J connectivity index is 2.23. The average molecular weight is 199 g/mol. The van der Waals surface area contributed by atoms with Crippen LogP contribution in [-0.4, -0.2) is 24.5 Å². The van der Waals surface area contributed by atoms with E-state index in [4.69, 9.17) is 0 Å². The summed E-state index contributed by atoms with van der Waals surface area (Å²) in [5.74, 6) is 0.735. The zero-order valence-electron chi connectivity index (χ0n) is 8.20. The van der Waals surface area contributed by atoms with Crippen LogP contribution in [0.4, 0.5) is 0 Å². The molecule has 5 heteroatoms. The third-order valence-electron chi connectivity index (χ3n) is 2.35. The Hall–Kier alpha value is -2.17. The molecule has 5 nitrogen and oxygen atoms in total. The van der Waals surface area contributed by atoms with Crippen LogP contribution >= 0.6 is 0 Å². The molecule has 0 unspecified atom stereocenters. The molecule has 0 aliphatic heterocycles. The van der Waals surface area contributed by atoms with Gasteiger partial charge in [-0.1, -0.05) is 0 Å². The van der Waals surface area contributed by atoms with Crippen molar-refractivity contribution in [3.05, 3.63) is 36.8 Å². The summed E-state index contributed by atoms with van der Waals surface area (Å²) in [6, 6.07) is 5.89. The standard InChI is InChI=1S/C10H9N5/c1-14-7-4-8-9(14)2-3-10(13-8)15-11-5-6-12-15/h2-7H,1H3. The summed E-state index contributed by atoms with van der Waals surface area (Å²) in [7, 11) is 2.00. The topological polar surface area (TPSA) is 48.5 Å². The largest absolute Gasteiger partial charge is 0.349 e. The lowest BCUT2D eigenvalue weighted by molar-refractivity contribution is 0.732. The van der Waals surface area contributed by atoms with Crippen LogP contribution in [0.2, 0.25) is 0 Å². The molecule has 3 aromatic heterocycles. The van der Waals surface area contributed by atoms with Crippen molar-refractivity contribution in [2.24, 2.45) is 7.05 Å². The maximum absolute atomic E-state index is 4.46. The molecule has 15 heavy (non-hydrogen) atoms. The number of hydrogen-bond acceptors (Lipinski definition) is 3. The van der Waals surface area contributed by atoms with Gasteiger partial charge >= 0.3 is 0 Å². The predicted octanol–water partition coefficient (Wildman–Crippen LogP) is 1.15. The number of fused-ring (bicyclic) bond motifs is 1. The van der Waals surface area contributed by atoms with Crippen molar-refractivity contribution in [1.29, 1.82) is 0 Å². The first-order valence-electron chi connectivity index (χ1n) is 4.63.